The molecule has 0 spiro atoms. The summed E-state index contributed by atoms with van der Waals surface area (Å²) in [6.45, 7) is 9.89. The van der Waals surface area contributed by atoms with Gasteiger partial charge in [-0.15, -0.1) is 0 Å². The van der Waals surface area contributed by atoms with Gasteiger partial charge in [-0.25, -0.2) is 0 Å². The van der Waals surface area contributed by atoms with Gasteiger partial charge >= 0.3 is 0 Å². The highest BCUT2D eigenvalue weighted by molar-refractivity contribution is 5.39. The smallest absolute Gasteiger partial charge is 0.123 e. The average molecular weight is 249 g/mol. The Hall–Kier alpha value is -1.02. The van der Waals surface area contributed by atoms with Crippen LogP contribution in [0.4, 0.5) is 0 Å². The standard InChI is InChI=1S/C16H27NO/c1-6-10-17-16(13(4)7-2)14-9-8-12(3)11-15(14)18-5/h8-9,11,13,16-17H,6-7,10H2,1-5H3. The first kappa shape index (κ1) is 15.0. The Bertz CT molecular complexity index is 362. The SMILES string of the molecule is CCCNC(c1ccc(C)cc1OC)C(C)CC. The van der Waals surface area contributed by atoms with Gasteiger partial charge in [-0.2, -0.15) is 0 Å². The molecule has 2 nitrogen and oxygen atoms in total. The van der Waals surface area contributed by atoms with Gasteiger partial charge < -0.3 is 10.1 Å². The topological polar surface area (TPSA) is 21.3 Å². The van der Waals surface area contributed by atoms with Crippen LogP contribution in [0.15, 0.2) is 18.2 Å². The van der Waals surface area contributed by atoms with Crippen LogP contribution in [-0.4, -0.2) is 13.7 Å². The van der Waals surface area contributed by atoms with Crippen molar-refractivity contribution in [3.05, 3.63) is 29.3 Å². The lowest BCUT2D eigenvalue weighted by Crippen LogP contribution is -2.27. The van der Waals surface area contributed by atoms with Gasteiger partial charge in [0, 0.05) is 11.6 Å². The molecule has 2 heteroatoms. The monoisotopic (exact) mass is 249 g/mol. The van der Waals surface area contributed by atoms with Crippen LogP contribution in [0.25, 0.3) is 0 Å². The van der Waals surface area contributed by atoms with Crippen molar-refractivity contribution in [2.24, 2.45) is 5.92 Å². The number of aryl methyl sites for hydroxylation is 1. The van der Waals surface area contributed by atoms with E-state index in [-0.39, 0.29) is 0 Å². The molecule has 0 saturated carbocycles. The third-order valence-corrected chi connectivity index (χ3v) is 3.55. The molecular weight excluding hydrogens is 222 g/mol. The van der Waals surface area contributed by atoms with E-state index in [9.17, 15) is 0 Å². The molecule has 18 heavy (non-hydrogen) atoms. The quantitative estimate of drug-likeness (QED) is 0.786. The number of methoxy groups -OCH3 is 1. The number of rotatable bonds is 7. The van der Waals surface area contributed by atoms with Gasteiger partial charge in [0.05, 0.1) is 7.11 Å². The summed E-state index contributed by atoms with van der Waals surface area (Å²) in [6, 6.07) is 6.87. The Kier molecular flexibility index (Phi) is 6.20. The van der Waals surface area contributed by atoms with Crippen molar-refractivity contribution < 1.29 is 4.74 Å². The minimum atomic E-state index is 0.380. The van der Waals surface area contributed by atoms with E-state index in [0.29, 0.717) is 12.0 Å². The molecule has 0 aliphatic heterocycles. The van der Waals surface area contributed by atoms with E-state index in [2.05, 4.69) is 51.2 Å². The van der Waals surface area contributed by atoms with Crippen molar-refractivity contribution in [1.82, 2.24) is 5.32 Å². The largest absolute Gasteiger partial charge is 0.496 e. The Morgan fingerprint density at radius 3 is 2.56 bits per heavy atom. The molecule has 1 rings (SSSR count). The molecule has 0 amide bonds. The third kappa shape index (κ3) is 3.74. The van der Waals surface area contributed by atoms with Crippen LogP contribution < -0.4 is 10.1 Å². The summed E-state index contributed by atoms with van der Waals surface area (Å²) in [7, 11) is 1.76. The number of hydrogen-bond acceptors (Lipinski definition) is 2. The zero-order valence-corrected chi connectivity index (χ0v) is 12.4. The van der Waals surface area contributed by atoms with Crippen LogP contribution in [-0.2, 0) is 0 Å². The van der Waals surface area contributed by atoms with Crippen LogP contribution in [0.5, 0.6) is 5.75 Å². The maximum Gasteiger partial charge on any atom is 0.123 e. The molecule has 0 bridgehead atoms. The number of ether oxygens (including phenoxy) is 1. The fourth-order valence-electron chi connectivity index (χ4n) is 2.23. The van der Waals surface area contributed by atoms with E-state index in [1.54, 1.807) is 7.11 Å². The lowest BCUT2D eigenvalue weighted by atomic mass is 9.91. The summed E-state index contributed by atoms with van der Waals surface area (Å²) in [5.41, 5.74) is 2.53. The van der Waals surface area contributed by atoms with Crippen LogP contribution in [0.1, 0.15) is 50.8 Å². The Balaban J connectivity index is 3.03. The molecule has 102 valence electrons. The maximum atomic E-state index is 5.54. The summed E-state index contributed by atoms with van der Waals surface area (Å²) in [6.07, 6.45) is 2.32. The predicted molar refractivity (Wildman–Crippen MR) is 78.2 cm³/mol. The highest BCUT2D eigenvalue weighted by Crippen LogP contribution is 2.32. The van der Waals surface area contributed by atoms with E-state index in [1.165, 1.54) is 17.5 Å². The van der Waals surface area contributed by atoms with Gasteiger partial charge in [-0.05, 0) is 37.4 Å². The molecule has 0 saturated heterocycles. The summed E-state index contributed by atoms with van der Waals surface area (Å²) >= 11 is 0. The number of nitrogens with one attached hydrogen (secondary N) is 1. The van der Waals surface area contributed by atoms with E-state index in [0.717, 1.165) is 18.7 Å². The Morgan fingerprint density at radius 2 is 2.00 bits per heavy atom. The lowest BCUT2D eigenvalue weighted by molar-refractivity contribution is 0.351. The van der Waals surface area contributed by atoms with Gasteiger partial charge in [0.25, 0.3) is 0 Å². The van der Waals surface area contributed by atoms with Crippen molar-refractivity contribution >= 4 is 0 Å². The molecule has 0 heterocycles. The first-order chi connectivity index (χ1) is 8.63. The van der Waals surface area contributed by atoms with Crippen LogP contribution in [0.2, 0.25) is 0 Å². The van der Waals surface area contributed by atoms with E-state index >= 15 is 0 Å². The van der Waals surface area contributed by atoms with Crippen molar-refractivity contribution in [2.75, 3.05) is 13.7 Å². The molecule has 0 aromatic heterocycles. The second-order valence-corrected chi connectivity index (χ2v) is 5.06. The van der Waals surface area contributed by atoms with E-state index in [4.69, 9.17) is 4.74 Å². The second-order valence-electron chi connectivity index (χ2n) is 5.06. The highest BCUT2D eigenvalue weighted by atomic mass is 16.5. The zero-order valence-electron chi connectivity index (χ0n) is 12.4. The number of benzene rings is 1. The van der Waals surface area contributed by atoms with Gasteiger partial charge in [0.1, 0.15) is 5.75 Å². The number of hydrogen-bond donors (Lipinski definition) is 1. The van der Waals surface area contributed by atoms with Crippen molar-refractivity contribution in [3.63, 3.8) is 0 Å². The van der Waals surface area contributed by atoms with Crippen LogP contribution in [0.3, 0.4) is 0 Å². The first-order valence-corrected chi connectivity index (χ1v) is 7.01. The van der Waals surface area contributed by atoms with Crippen LogP contribution >= 0.6 is 0 Å². The summed E-state index contributed by atoms with van der Waals surface area (Å²) in [4.78, 5) is 0. The second kappa shape index (κ2) is 7.42. The van der Waals surface area contributed by atoms with Gasteiger partial charge in [-0.3, -0.25) is 0 Å². The molecule has 0 fully saturated rings. The average Bonchev–Trinajstić information content (AvgIpc) is 2.39. The molecule has 1 N–H and O–H groups in total. The summed E-state index contributed by atoms with van der Waals surface area (Å²) in [5, 5.41) is 3.65. The molecule has 2 atom stereocenters. The summed E-state index contributed by atoms with van der Waals surface area (Å²) < 4.78 is 5.54. The van der Waals surface area contributed by atoms with Crippen molar-refractivity contribution in [2.45, 2.75) is 46.6 Å². The zero-order chi connectivity index (χ0) is 13.5. The Labute approximate surface area is 112 Å². The molecule has 1 aromatic rings. The predicted octanol–water partition coefficient (Wildman–Crippen LogP) is 4.09. The highest BCUT2D eigenvalue weighted by Gasteiger charge is 2.20. The van der Waals surface area contributed by atoms with Crippen molar-refractivity contribution in [1.29, 1.82) is 0 Å². The molecule has 2 unspecified atom stereocenters. The molecule has 0 aliphatic rings. The normalized spacial score (nSPS) is 14.3. The van der Waals surface area contributed by atoms with Gasteiger partial charge in [-0.1, -0.05) is 39.3 Å². The van der Waals surface area contributed by atoms with E-state index < -0.39 is 0 Å². The van der Waals surface area contributed by atoms with Gasteiger partial charge in [0.15, 0.2) is 0 Å². The van der Waals surface area contributed by atoms with Gasteiger partial charge in [0.2, 0.25) is 0 Å². The first-order valence-electron chi connectivity index (χ1n) is 7.01. The maximum absolute atomic E-state index is 5.54. The van der Waals surface area contributed by atoms with Crippen LogP contribution in [0, 0.1) is 12.8 Å². The lowest BCUT2D eigenvalue weighted by Gasteiger charge is -2.26. The summed E-state index contributed by atoms with van der Waals surface area (Å²) in [5.74, 6) is 1.61. The molecule has 1 aromatic carbocycles. The molecule has 0 radical (unpaired) electrons. The minimum Gasteiger partial charge on any atom is -0.496 e. The molecule has 0 aliphatic carbocycles. The fraction of sp³-hybridized carbons (Fsp3) is 0.625. The fourth-order valence-corrected chi connectivity index (χ4v) is 2.23. The van der Waals surface area contributed by atoms with Crippen molar-refractivity contribution in [3.8, 4) is 5.75 Å². The molecular formula is C16H27NO. The van der Waals surface area contributed by atoms with E-state index in [1.807, 2.05) is 0 Å². The third-order valence-electron chi connectivity index (χ3n) is 3.55. The Morgan fingerprint density at radius 1 is 1.28 bits per heavy atom. The minimum absolute atomic E-state index is 0.380.